The molecule has 102 valence electrons. The second kappa shape index (κ2) is 6.68. The number of H-pyrrole nitrogens is 1. The summed E-state index contributed by atoms with van der Waals surface area (Å²) in [5, 5.41) is 3.65. The fraction of sp³-hybridized carbons (Fsp3) is 0.500. The molecule has 0 unspecified atom stereocenters. The first-order valence-corrected chi connectivity index (χ1v) is 9.05. The summed E-state index contributed by atoms with van der Waals surface area (Å²) in [5.74, 6) is 6.17. The van der Waals surface area contributed by atoms with Gasteiger partial charge >= 0.3 is 0 Å². The van der Waals surface area contributed by atoms with Gasteiger partial charge in [-0.1, -0.05) is 12.1 Å². The van der Waals surface area contributed by atoms with E-state index in [9.17, 15) is 0 Å². The monoisotopic (exact) mass is 293 g/mol. The molecule has 1 aliphatic rings. The summed E-state index contributed by atoms with van der Waals surface area (Å²) in [4.78, 5) is 7.99. The number of para-hydroxylation sites is 2. The van der Waals surface area contributed by atoms with Crippen LogP contribution in [0.4, 0.5) is 0 Å². The molecule has 0 atom stereocenters. The van der Waals surface area contributed by atoms with Crippen molar-refractivity contribution >= 4 is 34.6 Å². The van der Waals surface area contributed by atoms with Crippen molar-refractivity contribution < 1.29 is 0 Å². The van der Waals surface area contributed by atoms with Gasteiger partial charge in [0.1, 0.15) is 5.82 Å². The molecule has 1 aromatic heterocycles. The average molecular weight is 293 g/mol. The van der Waals surface area contributed by atoms with E-state index in [0.29, 0.717) is 6.04 Å². The van der Waals surface area contributed by atoms with Crippen molar-refractivity contribution in [2.24, 2.45) is 0 Å². The Hall–Kier alpha value is -0.650. The Labute approximate surface area is 122 Å². The molecule has 2 heterocycles. The molecular formula is C14H19N3S2. The van der Waals surface area contributed by atoms with Crippen LogP contribution in [0.2, 0.25) is 0 Å². The highest BCUT2D eigenvalue weighted by Gasteiger charge is 2.12. The summed E-state index contributed by atoms with van der Waals surface area (Å²) in [6, 6.07) is 8.87. The van der Waals surface area contributed by atoms with Gasteiger partial charge in [-0.25, -0.2) is 4.98 Å². The van der Waals surface area contributed by atoms with E-state index in [2.05, 4.69) is 50.9 Å². The summed E-state index contributed by atoms with van der Waals surface area (Å²) in [5.41, 5.74) is 2.20. The summed E-state index contributed by atoms with van der Waals surface area (Å²) in [7, 11) is 0. The summed E-state index contributed by atoms with van der Waals surface area (Å²) < 4.78 is 0. The maximum Gasteiger partial charge on any atom is 0.108 e. The van der Waals surface area contributed by atoms with Crippen molar-refractivity contribution in [1.82, 2.24) is 15.3 Å². The van der Waals surface area contributed by atoms with E-state index in [4.69, 9.17) is 0 Å². The largest absolute Gasteiger partial charge is 0.342 e. The highest BCUT2D eigenvalue weighted by atomic mass is 32.2. The Morgan fingerprint density at radius 3 is 2.79 bits per heavy atom. The minimum absolute atomic E-state index is 0.655. The van der Waals surface area contributed by atoms with Gasteiger partial charge in [0.2, 0.25) is 0 Å². The van der Waals surface area contributed by atoms with Crippen LogP contribution < -0.4 is 5.32 Å². The first kappa shape index (κ1) is 13.3. The van der Waals surface area contributed by atoms with Crippen LogP contribution >= 0.6 is 23.5 Å². The lowest BCUT2D eigenvalue weighted by Gasteiger charge is -2.14. The van der Waals surface area contributed by atoms with E-state index in [1.807, 2.05) is 12.1 Å². The normalized spacial score (nSPS) is 17.7. The third-order valence-corrected chi connectivity index (χ3v) is 5.76. The molecule has 0 amide bonds. The minimum atomic E-state index is 0.655. The Morgan fingerprint density at radius 2 is 2.00 bits per heavy atom. The molecule has 0 saturated carbocycles. The molecule has 0 bridgehead atoms. The molecule has 1 saturated heterocycles. The summed E-state index contributed by atoms with van der Waals surface area (Å²) in [6.45, 7) is 1.01. The zero-order valence-corrected chi connectivity index (χ0v) is 12.5. The second-order valence-electron chi connectivity index (χ2n) is 4.75. The maximum absolute atomic E-state index is 4.61. The number of benzene rings is 1. The van der Waals surface area contributed by atoms with Gasteiger partial charge < -0.3 is 10.3 Å². The number of hydrogen-bond donors (Lipinski definition) is 2. The summed E-state index contributed by atoms with van der Waals surface area (Å²) >= 11 is 4.13. The molecule has 2 N–H and O–H groups in total. The molecule has 0 radical (unpaired) electrons. The van der Waals surface area contributed by atoms with Crippen LogP contribution in [0.25, 0.3) is 11.0 Å². The van der Waals surface area contributed by atoms with E-state index in [0.717, 1.165) is 29.8 Å². The number of aromatic amines is 1. The van der Waals surface area contributed by atoms with Gasteiger partial charge in [-0.15, -0.1) is 0 Å². The van der Waals surface area contributed by atoms with Crippen LogP contribution in [0.1, 0.15) is 5.82 Å². The van der Waals surface area contributed by atoms with Crippen molar-refractivity contribution in [3.05, 3.63) is 30.1 Å². The van der Waals surface area contributed by atoms with Crippen molar-refractivity contribution in [2.45, 2.75) is 12.5 Å². The van der Waals surface area contributed by atoms with E-state index in [1.54, 1.807) is 0 Å². The second-order valence-corrected chi connectivity index (χ2v) is 7.05. The van der Waals surface area contributed by atoms with Crippen molar-refractivity contribution in [2.75, 3.05) is 29.6 Å². The Kier molecular flexibility index (Phi) is 4.69. The average Bonchev–Trinajstić information content (AvgIpc) is 2.66. The molecule has 2 aromatic rings. The highest BCUT2D eigenvalue weighted by Crippen LogP contribution is 2.16. The molecule has 3 rings (SSSR count). The third kappa shape index (κ3) is 3.68. The van der Waals surface area contributed by atoms with Crippen LogP contribution in [-0.4, -0.2) is 45.6 Å². The van der Waals surface area contributed by atoms with Gasteiger partial charge in [0.15, 0.2) is 0 Å². The van der Waals surface area contributed by atoms with E-state index in [1.165, 1.54) is 23.0 Å². The number of thioether (sulfide) groups is 2. The smallest absolute Gasteiger partial charge is 0.108 e. The quantitative estimate of drug-likeness (QED) is 0.909. The van der Waals surface area contributed by atoms with Gasteiger partial charge in [-0.05, 0) is 12.1 Å². The number of nitrogens with zero attached hydrogens (tertiary/aromatic N) is 1. The predicted molar refractivity (Wildman–Crippen MR) is 86.2 cm³/mol. The van der Waals surface area contributed by atoms with E-state index < -0.39 is 0 Å². The zero-order valence-electron chi connectivity index (χ0n) is 10.9. The molecule has 1 aliphatic heterocycles. The van der Waals surface area contributed by atoms with E-state index in [-0.39, 0.29) is 0 Å². The Balaban J connectivity index is 1.51. The minimum Gasteiger partial charge on any atom is -0.342 e. The number of hydrogen-bond acceptors (Lipinski definition) is 4. The van der Waals surface area contributed by atoms with Crippen LogP contribution in [0.15, 0.2) is 24.3 Å². The first-order chi connectivity index (χ1) is 9.42. The number of rotatable bonds is 4. The van der Waals surface area contributed by atoms with Crippen LogP contribution in [0, 0.1) is 0 Å². The topological polar surface area (TPSA) is 40.7 Å². The van der Waals surface area contributed by atoms with Gasteiger partial charge in [0.25, 0.3) is 0 Å². The van der Waals surface area contributed by atoms with Crippen LogP contribution in [0.3, 0.4) is 0 Å². The molecule has 0 aliphatic carbocycles. The van der Waals surface area contributed by atoms with Gasteiger partial charge in [0, 0.05) is 42.0 Å². The van der Waals surface area contributed by atoms with Crippen molar-refractivity contribution in [3.63, 3.8) is 0 Å². The molecule has 3 nitrogen and oxygen atoms in total. The standard InChI is InChI=1S/C14H19N3S2/c1-2-4-13-12(3-1)16-14(17-13)5-6-15-11-9-18-7-8-19-10-11/h1-4,11,15H,5-10H2,(H,16,17). The van der Waals surface area contributed by atoms with Gasteiger partial charge in [-0.2, -0.15) is 23.5 Å². The number of nitrogens with one attached hydrogen (secondary N) is 2. The zero-order chi connectivity index (χ0) is 12.9. The maximum atomic E-state index is 4.61. The number of imidazole rings is 1. The van der Waals surface area contributed by atoms with Crippen molar-refractivity contribution in [1.29, 1.82) is 0 Å². The van der Waals surface area contributed by atoms with Crippen LogP contribution in [0.5, 0.6) is 0 Å². The molecule has 0 spiro atoms. The number of fused-ring (bicyclic) bond motifs is 1. The molecular weight excluding hydrogens is 274 g/mol. The highest BCUT2D eigenvalue weighted by molar-refractivity contribution is 8.03. The van der Waals surface area contributed by atoms with Crippen molar-refractivity contribution in [3.8, 4) is 0 Å². The summed E-state index contributed by atoms with van der Waals surface area (Å²) in [6.07, 6.45) is 0.973. The van der Waals surface area contributed by atoms with E-state index >= 15 is 0 Å². The molecule has 19 heavy (non-hydrogen) atoms. The lowest BCUT2D eigenvalue weighted by molar-refractivity contribution is 0.598. The van der Waals surface area contributed by atoms with Crippen LogP contribution in [-0.2, 0) is 6.42 Å². The first-order valence-electron chi connectivity index (χ1n) is 6.74. The SMILES string of the molecule is c1ccc2[nH]c(CCNC3CSCCSC3)nc2c1. The fourth-order valence-electron chi connectivity index (χ4n) is 2.25. The Bertz CT molecular complexity index is 485. The third-order valence-electron chi connectivity index (χ3n) is 3.24. The number of aromatic nitrogens is 2. The molecule has 1 aromatic carbocycles. The lowest BCUT2D eigenvalue weighted by atomic mass is 10.3. The lowest BCUT2D eigenvalue weighted by Crippen LogP contribution is -2.34. The predicted octanol–water partition coefficient (Wildman–Crippen LogP) is 2.54. The van der Waals surface area contributed by atoms with Gasteiger partial charge in [-0.3, -0.25) is 0 Å². The fourth-order valence-corrected chi connectivity index (χ4v) is 4.72. The van der Waals surface area contributed by atoms with Gasteiger partial charge in [0.05, 0.1) is 11.0 Å². The molecule has 1 fully saturated rings. The Morgan fingerprint density at radius 1 is 1.21 bits per heavy atom. The molecule has 5 heteroatoms.